The molecule has 0 fully saturated rings. The largest absolute Gasteiger partial charge is 0.478 e. The summed E-state index contributed by atoms with van der Waals surface area (Å²) in [4.78, 5) is 15.1. The third-order valence-electron chi connectivity index (χ3n) is 2.77. The summed E-state index contributed by atoms with van der Waals surface area (Å²) in [7, 11) is 0. The third kappa shape index (κ3) is 3.84. The maximum atomic E-state index is 13.0. The van der Waals surface area contributed by atoms with Crippen molar-refractivity contribution in [3.05, 3.63) is 53.3 Å². The summed E-state index contributed by atoms with van der Waals surface area (Å²) in [6.45, 7) is 5.49. The number of alkyl halides is 3. The van der Waals surface area contributed by atoms with Crippen molar-refractivity contribution in [2.24, 2.45) is 0 Å². The van der Waals surface area contributed by atoms with Gasteiger partial charge in [0.2, 0.25) is 0 Å². The maximum absolute atomic E-state index is 13.0. The lowest BCUT2D eigenvalue weighted by Gasteiger charge is -2.15. The van der Waals surface area contributed by atoms with Gasteiger partial charge in [0.05, 0.1) is 11.1 Å². The SMILES string of the molecule is CC.Cc1cc(-c2cccnc2)c(C(=O)O)c(C(F)(F)F)c1. The second-order valence-corrected chi connectivity index (χ2v) is 4.28. The minimum atomic E-state index is -4.73. The first kappa shape index (κ1) is 17.7. The van der Waals surface area contributed by atoms with Gasteiger partial charge in [0.1, 0.15) is 0 Å². The predicted molar refractivity (Wildman–Crippen MR) is 77.7 cm³/mol. The first-order valence-corrected chi connectivity index (χ1v) is 6.66. The van der Waals surface area contributed by atoms with Crippen molar-refractivity contribution < 1.29 is 23.1 Å². The molecule has 2 rings (SSSR count). The monoisotopic (exact) mass is 311 g/mol. The molecule has 0 amide bonds. The van der Waals surface area contributed by atoms with Crippen LogP contribution in [0.2, 0.25) is 0 Å². The Bertz CT molecular complexity index is 652. The van der Waals surface area contributed by atoms with Crippen molar-refractivity contribution in [2.75, 3.05) is 0 Å². The van der Waals surface area contributed by atoms with Gasteiger partial charge in [-0.1, -0.05) is 26.0 Å². The summed E-state index contributed by atoms with van der Waals surface area (Å²) in [5.74, 6) is -1.61. The van der Waals surface area contributed by atoms with Gasteiger partial charge >= 0.3 is 12.1 Å². The highest BCUT2D eigenvalue weighted by Gasteiger charge is 2.37. The molecule has 6 heteroatoms. The van der Waals surface area contributed by atoms with E-state index in [0.717, 1.165) is 6.07 Å². The topological polar surface area (TPSA) is 50.2 Å². The van der Waals surface area contributed by atoms with Crippen LogP contribution in [0.25, 0.3) is 11.1 Å². The summed E-state index contributed by atoms with van der Waals surface area (Å²) >= 11 is 0. The average molecular weight is 311 g/mol. The van der Waals surface area contributed by atoms with E-state index in [9.17, 15) is 18.0 Å². The Balaban J connectivity index is 0.00000116. The quantitative estimate of drug-likeness (QED) is 0.866. The van der Waals surface area contributed by atoms with Crippen molar-refractivity contribution >= 4 is 5.97 Å². The molecule has 0 aliphatic rings. The number of aryl methyl sites for hydroxylation is 1. The number of hydrogen-bond donors (Lipinski definition) is 1. The van der Waals surface area contributed by atoms with Gasteiger partial charge < -0.3 is 5.11 Å². The van der Waals surface area contributed by atoms with Crippen LogP contribution in [0.15, 0.2) is 36.7 Å². The van der Waals surface area contributed by atoms with Gasteiger partial charge in [-0.2, -0.15) is 13.2 Å². The first-order chi connectivity index (χ1) is 10.3. The second kappa shape index (κ2) is 7.06. The molecule has 3 nitrogen and oxygen atoms in total. The third-order valence-corrected chi connectivity index (χ3v) is 2.77. The molecular weight excluding hydrogens is 295 g/mol. The van der Waals surface area contributed by atoms with Gasteiger partial charge in [0, 0.05) is 18.0 Å². The zero-order chi connectivity index (χ0) is 16.9. The van der Waals surface area contributed by atoms with Crippen LogP contribution in [0.1, 0.15) is 35.3 Å². The van der Waals surface area contributed by atoms with Gasteiger partial charge in [-0.15, -0.1) is 0 Å². The Morgan fingerprint density at radius 3 is 2.32 bits per heavy atom. The Morgan fingerprint density at radius 2 is 1.86 bits per heavy atom. The van der Waals surface area contributed by atoms with Gasteiger partial charge in [-0.25, -0.2) is 4.79 Å². The molecule has 22 heavy (non-hydrogen) atoms. The lowest BCUT2D eigenvalue weighted by atomic mass is 9.93. The predicted octanol–water partition coefficient (Wildman–Crippen LogP) is 4.80. The molecule has 1 aromatic carbocycles. The number of carboxylic acids is 1. The number of carboxylic acid groups (broad SMARTS) is 1. The molecule has 1 aromatic heterocycles. The van der Waals surface area contributed by atoms with Crippen molar-refractivity contribution in [3.8, 4) is 11.1 Å². The molecule has 118 valence electrons. The second-order valence-electron chi connectivity index (χ2n) is 4.28. The van der Waals surface area contributed by atoms with E-state index in [-0.39, 0.29) is 5.56 Å². The molecular formula is C16H16F3NO2. The standard InChI is InChI=1S/C14H10F3NO2.C2H6/c1-8-5-10(9-3-2-4-18-7-9)12(13(19)20)11(6-8)14(15,16)17;1-2/h2-7H,1H3,(H,19,20);1-2H3. The summed E-state index contributed by atoms with van der Waals surface area (Å²) in [5.41, 5.74) is -1.22. The molecule has 0 aliphatic carbocycles. The number of hydrogen-bond acceptors (Lipinski definition) is 2. The van der Waals surface area contributed by atoms with Crippen LogP contribution in [0.3, 0.4) is 0 Å². The highest BCUT2D eigenvalue weighted by Crippen LogP contribution is 2.37. The fourth-order valence-corrected chi connectivity index (χ4v) is 1.99. The van der Waals surface area contributed by atoms with E-state index < -0.39 is 23.3 Å². The molecule has 0 aliphatic heterocycles. The molecule has 1 heterocycles. The van der Waals surface area contributed by atoms with Crippen LogP contribution < -0.4 is 0 Å². The highest BCUT2D eigenvalue weighted by atomic mass is 19.4. The average Bonchev–Trinajstić information content (AvgIpc) is 2.48. The van der Waals surface area contributed by atoms with E-state index in [1.54, 1.807) is 0 Å². The fourth-order valence-electron chi connectivity index (χ4n) is 1.99. The zero-order valence-corrected chi connectivity index (χ0v) is 12.4. The van der Waals surface area contributed by atoms with E-state index in [0.29, 0.717) is 11.1 Å². The van der Waals surface area contributed by atoms with Crippen molar-refractivity contribution in [1.29, 1.82) is 0 Å². The lowest BCUT2D eigenvalue weighted by molar-refractivity contribution is -0.138. The number of aromatic carboxylic acids is 1. The van der Waals surface area contributed by atoms with Gasteiger partial charge in [0.25, 0.3) is 0 Å². The highest BCUT2D eigenvalue weighted by molar-refractivity contribution is 5.98. The minimum absolute atomic E-state index is 0.0120. The van der Waals surface area contributed by atoms with Crippen LogP contribution in [0.4, 0.5) is 13.2 Å². The van der Waals surface area contributed by atoms with E-state index in [2.05, 4.69) is 4.98 Å². The number of aromatic nitrogens is 1. The number of carbonyl (C=O) groups is 1. The van der Waals surface area contributed by atoms with Crippen LogP contribution in [-0.2, 0) is 6.18 Å². The van der Waals surface area contributed by atoms with Crippen LogP contribution >= 0.6 is 0 Å². The number of benzene rings is 1. The molecule has 0 bridgehead atoms. The lowest BCUT2D eigenvalue weighted by Crippen LogP contribution is -2.14. The van der Waals surface area contributed by atoms with Gasteiger partial charge in [0.15, 0.2) is 0 Å². The number of rotatable bonds is 2. The van der Waals surface area contributed by atoms with E-state index in [4.69, 9.17) is 5.11 Å². The molecule has 1 N–H and O–H groups in total. The fraction of sp³-hybridized carbons (Fsp3) is 0.250. The number of pyridine rings is 1. The minimum Gasteiger partial charge on any atom is -0.478 e. The van der Waals surface area contributed by atoms with Gasteiger partial charge in [-0.05, 0) is 30.2 Å². The van der Waals surface area contributed by atoms with E-state index in [1.807, 2.05) is 13.8 Å². The summed E-state index contributed by atoms with van der Waals surface area (Å²) < 4.78 is 39.0. The van der Waals surface area contributed by atoms with Crippen molar-refractivity contribution in [1.82, 2.24) is 4.98 Å². The number of halogens is 3. The van der Waals surface area contributed by atoms with Crippen molar-refractivity contribution in [3.63, 3.8) is 0 Å². The van der Waals surface area contributed by atoms with Gasteiger partial charge in [-0.3, -0.25) is 4.98 Å². The smallest absolute Gasteiger partial charge is 0.417 e. The first-order valence-electron chi connectivity index (χ1n) is 6.66. The maximum Gasteiger partial charge on any atom is 0.417 e. The van der Waals surface area contributed by atoms with Crippen LogP contribution in [-0.4, -0.2) is 16.1 Å². The molecule has 2 aromatic rings. The number of nitrogens with zero attached hydrogens (tertiary/aromatic N) is 1. The normalized spacial score (nSPS) is 10.6. The Hall–Kier alpha value is -2.37. The van der Waals surface area contributed by atoms with Crippen LogP contribution in [0, 0.1) is 6.92 Å². The Labute approximate surface area is 126 Å². The Morgan fingerprint density at radius 1 is 1.23 bits per heavy atom. The molecule has 0 saturated carbocycles. The summed E-state index contributed by atoms with van der Waals surface area (Å²) in [5, 5.41) is 9.14. The molecule has 0 saturated heterocycles. The summed E-state index contributed by atoms with van der Waals surface area (Å²) in [6.07, 6.45) is -1.93. The molecule has 0 atom stereocenters. The van der Waals surface area contributed by atoms with E-state index in [1.165, 1.54) is 37.5 Å². The molecule has 0 radical (unpaired) electrons. The van der Waals surface area contributed by atoms with Crippen LogP contribution in [0.5, 0.6) is 0 Å². The zero-order valence-electron chi connectivity index (χ0n) is 12.4. The molecule has 0 unspecified atom stereocenters. The van der Waals surface area contributed by atoms with E-state index >= 15 is 0 Å². The summed E-state index contributed by atoms with van der Waals surface area (Å²) in [6, 6.07) is 5.31. The molecule has 0 spiro atoms. The van der Waals surface area contributed by atoms with Crippen molar-refractivity contribution in [2.45, 2.75) is 26.9 Å². The Kier molecular flexibility index (Phi) is 5.68.